The van der Waals surface area contributed by atoms with Crippen LogP contribution in [0.4, 0.5) is 21.5 Å². The van der Waals surface area contributed by atoms with Crippen LogP contribution in [0.25, 0.3) is 10.4 Å². The summed E-state index contributed by atoms with van der Waals surface area (Å²) >= 11 is 0. The second kappa shape index (κ2) is 4.93. The van der Waals surface area contributed by atoms with E-state index in [1.807, 2.05) is 6.07 Å². The molecule has 17 heavy (non-hydrogen) atoms. The van der Waals surface area contributed by atoms with E-state index in [0.29, 0.717) is 37.3 Å². The first-order valence-electron chi connectivity index (χ1n) is 5.54. The van der Waals surface area contributed by atoms with E-state index in [1.165, 1.54) is 0 Å². The molecule has 1 aliphatic heterocycles. The first kappa shape index (κ1) is 11.5. The van der Waals surface area contributed by atoms with Crippen LogP contribution in [0.2, 0.25) is 0 Å². The van der Waals surface area contributed by atoms with Gasteiger partial charge in [0.1, 0.15) is 6.17 Å². The molecule has 0 radical (unpaired) electrons. The molecule has 0 aromatic heterocycles. The molecule has 1 heterocycles. The molecule has 2 rings (SSSR count). The van der Waals surface area contributed by atoms with Crippen LogP contribution in [0, 0.1) is 0 Å². The second-order valence-electron chi connectivity index (χ2n) is 4.13. The van der Waals surface area contributed by atoms with Crippen molar-refractivity contribution in [2.45, 2.75) is 19.0 Å². The highest BCUT2D eigenvalue weighted by molar-refractivity contribution is 5.64. The minimum atomic E-state index is -0.705. The number of azide groups is 1. The third-order valence-corrected chi connectivity index (χ3v) is 2.87. The quantitative estimate of drug-likeness (QED) is 0.370. The summed E-state index contributed by atoms with van der Waals surface area (Å²) in [6, 6.07) is 5.20. The van der Waals surface area contributed by atoms with E-state index in [-0.39, 0.29) is 0 Å². The van der Waals surface area contributed by atoms with Gasteiger partial charge in [0.25, 0.3) is 0 Å². The Labute approximate surface area is 98.6 Å². The Morgan fingerprint density at radius 3 is 2.71 bits per heavy atom. The zero-order valence-corrected chi connectivity index (χ0v) is 9.38. The van der Waals surface area contributed by atoms with Crippen molar-refractivity contribution in [1.82, 2.24) is 0 Å². The van der Waals surface area contributed by atoms with E-state index in [4.69, 9.17) is 11.3 Å². The van der Waals surface area contributed by atoms with Gasteiger partial charge in [-0.05, 0) is 36.6 Å². The molecule has 0 atom stereocenters. The summed E-state index contributed by atoms with van der Waals surface area (Å²) in [5.74, 6) is 0. The molecule has 5 nitrogen and oxygen atoms in total. The summed E-state index contributed by atoms with van der Waals surface area (Å²) in [5, 5.41) is 3.54. The average molecular weight is 235 g/mol. The summed E-state index contributed by atoms with van der Waals surface area (Å²) < 4.78 is 13.0. The number of nitrogen functional groups attached to an aromatic ring is 1. The molecule has 1 aliphatic rings. The zero-order valence-electron chi connectivity index (χ0n) is 9.38. The highest BCUT2D eigenvalue weighted by Crippen LogP contribution is 2.28. The standard InChI is InChI=1S/C11H14FN5/c12-8-1-3-17(4-2-8)11-6-9(13)5-10(7-11)15-16-14/h5-8H,1-4,13H2. The monoisotopic (exact) mass is 235 g/mol. The van der Waals surface area contributed by atoms with E-state index in [0.717, 1.165) is 5.69 Å². The maximum absolute atomic E-state index is 13.0. The van der Waals surface area contributed by atoms with Gasteiger partial charge in [0.15, 0.2) is 0 Å². The van der Waals surface area contributed by atoms with E-state index < -0.39 is 6.17 Å². The Bertz CT molecular complexity index is 447. The fraction of sp³-hybridized carbons (Fsp3) is 0.455. The molecule has 0 amide bonds. The normalized spacial score (nSPS) is 16.6. The molecule has 0 bridgehead atoms. The van der Waals surface area contributed by atoms with Crippen molar-refractivity contribution in [3.8, 4) is 0 Å². The van der Waals surface area contributed by atoms with Crippen LogP contribution < -0.4 is 10.6 Å². The number of alkyl halides is 1. The van der Waals surface area contributed by atoms with Crippen LogP contribution in [-0.4, -0.2) is 19.3 Å². The fourth-order valence-corrected chi connectivity index (χ4v) is 2.02. The molecule has 90 valence electrons. The molecule has 1 fully saturated rings. The van der Waals surface area contributed by atoms with E-state index in [1.54, 1.807) is 12.1 Å². The van der Waals surface area contributed by atoms with Crippen molar-refractivity contribution in [3.63, 3.8) is 0 Å². The van der Waals surface area contributed by atoms with E-state index in [2.05, 4.69) is 14.9 Å². The minimum absolute atomic E-state index is 0.491. The summed E-state index contributed by atoms with van der Waals surface area (Å²) in [5.41, 5.74) is 16.1. The van der Waals surface area contributed by atoms with Crippen LogP contribution in [0.3, 0.4) is 0 Å². The maximum Gasteiger partial charge on any atom is 0.103 e. The number of halogens is 1. The first-order chi connectivity index (χ1) is 8.19. The van der Waals surface area contributed by atoms with Crippen molar-refractivity contribution in [3.05, 3.63) is 28.6 Å². The van der Waals surface area contributed by atoms with Crippen molar-refractivity contribution in [2.75, 3.05) is 23.7 Å². The van der Waals surface area contributed by atoms with Crippen molar-refractivity contribution in [2.24, 2.45) is 5.11 Å². The lowest BCUT2D eigenvalue weighted by Gasteiger charge is -2.30. The van der Waals surface area contributed by atoms with E-state index in [9.17, 15) is 4.39 Å². The van der Waals surface area contributed by atoms with Gasteiger partial charge in [0.05, 0.1) is 0 Å². The number of piperidine rings is 1. The molecule has 0 saturated carbocycles. The van der Waals surface area contributed by atoms with Gasteiger partial charge in [0, 0.05) is 35.1 Å². The highest BCUT2D eigenvalue weighted by Gasteiger charge is 2.18. The Kier molecular flexibility index (Phi) is 3.35. The summed E-state index contributed by atoms with van der Waals surface area (Å²) in [6.07, 6.45) is 0.362. The number of nitrogens with zero attached hydrogens (tertiary/aromatic N) is 4. The number of nitrogens with two attached hydrogens (primary N) is 1. The van der Waals surface area contributed by atoms with Gasteiger partial charge in [-0.3, -0.25) is 0 Å². The van der Waals surface area contributed by atoms with Gasteiger partial charge in [-0.25, -0.2) is 4.39 Å². The van der Waals surface area contributed by atoms with Crippen LogP contribution in [0.5, 0.6) is 0 Å². The van der Waals surface area contributed by atoms with Crippen LogP contribution in [-0.2, 0) is 0 Å². The third kappa shape index (κ3) is 2.79. The van der Waals surface area contributed by atoms with Gasteiger partial charge in [-0.15, -0.1) is 0 Å². The predicted octanol–water partition coefficient (Wildman–Crippen LogP) is 3.15. The lowest BCUT2D eigenvalue weighted by molar-refractivity contribution is 0.277. The summed E-state index contributed by atoms with van der Waals surface area (Å²) in [6.45, 7) is 1.33. The molecule has 1 aromatic rings. The number of rotatable bonds is 2. The SMILES string of the molecule is [N-]=[N+]=Nc1cc(N)cc(N2CCC(F)CC2)c1. The summed E-state index contributed by atoms with van der Waals surface area (Å²) in [4.78, 5) is 4.79. The lowest BCUT2D eigenvalue weighted by atomic mass is 10.1. The molecule has 6 heteroatoms. The molecule has 0 unspecified atom stereocenters. The predicted molar refractivity (Wildman–Crippen MR) is 66.0 cm³/mol. The highest BCUT2D eigenvalue weighted by atomic mass is 19.1. The molecular formula is C11H14FN5. The van der Waals surface area contributed by atoms with Crippen LogP contribution in [0.15, 0.2) is 23.3 Å². The molecule has 0 spiro atoms. The molecule has 2 N–H and O–H groups in total. The molecule has 0 aliphatic carbocycles. The minimum Gasteiger partial charge on any atom is -0.399 e. The average Bonchev–Trinajstić information content (AvgIpc) is 2.29. The van der Waals surface area contributed by atoms with E-state index >= 15 is 0 Å². The zero-order chi connectivity index (χ0) is 12.3. The van der Waals surface area contributed by atoms with Crippen molar-refractivity contribution >= 4 is 17.1 Å². The van der Waals surface area contributed by atoms with Gasteiger partial charge in [-0.2, -0.15) is 0 Å². The first-order valence-corrected chi connectivity index (χ1v) is 5.54. The Morgan fingerprint density at radius 1 is 1.35 bits per heavy atom. The molecule has 1 aromatic carbocycles. The molecular weight excluding hydrogens is 221 g/mol. The van der Waals surface area contributed by atoms with Crippen molar-refractivity contribution in [1.29, 1.82) is 0 Å². The number of benzene rings is 1. The topological polar surface area (TPSA) is 78.0 Å². The smallest absolute Gasteiger partial charge is 0.103 e. The second-order valence-corrected chi connectivity index (χ2v) is 4.13. The Balaban J connectivity index is 2.22. The van der Waals surface area contributed by atoms with Gasteiger partial charge in [-0.1, -0.05) is 5.11 Å². The van der Waals surface area contributed by atoms with Crippen LogP contribution >= 0.6 is 0 Å². The van der Waals surface area contributed by atoms with Crippen molar-refractivity contribution < 1.29 is 4.39 Å². The Hall–Kier alpha value is -1.94. The van der Waals surface area contributed by atoms with Gasteiger partial charge in [0.2, 0.25) is 0 Å². The number of hydrogen-bond donors (Lipinski definition) is 1. The van der Waals surface area contributed by atoms with Gasteiger partial charge >= 0.3 is 0 Å². The fourth-order valence-electron chi connectivity index (χ4n) is 2.02. The van der Waals surface area contributed by atoms with Gasteiger partial charge < -0.3 is 10.6 Å². The third-order valence-electron chi connectivity index (χ3n) is 2.87. The Morgan fingerprint density at radius 2 is 2.06 bits per heavy atom. The number of anilines is 2. The maximum atomic E-state index is 13.0. The summed E-state index contributed by atoms with van der Waals surface area (Å²) in [7, 11) is 0. The largest absolute Gasteiger partial charge is 0.399 e. The number of hydrogen-bond acceptors (Lipinski definition) is 3. The molecule has 1 saturated heterocycles. The lowest BCUT2D eigenvalue weighted by Crippen LogP contribution is -2.34. The van der Waals surface area contributed by atoms with Crippen LogP contribution in [0.1, 0.15) is 12.8 Å².